The molecule has 0 heterocycles. The Kier molecular flexibility index (Phi) is 4.88. The topological polar surface area (TPSA) is 54.5 Å². The number of benzene rings is 2. The smallest absolute Gasteiger partial charge is 0.264 e. The molecule has 0 atom stereocenters. The summed E-state index contributed by atoms with van der Waals surface area (Å²) in [5.41, 5.74) is 2.26. The van der Waals surface area contributed by atoms with Crippen molar-refractivity contribution >= 4 is 32.6 Å². The van der Waals surface area contributed by atoms with Crippen LogP contribution in [0.5, 0.6) is 0 Å². The Hall–Kier alpha value is -1.85. The van der Waals surface area contributed by atoms with E-state index in [1.165, 1.54) is 12.1 Å². The fraction of sp³-hybridized carbons (Fsp3) is 0.188. The van der Waals surface area contributed by atoms with Crippen molar-refractivity contribution in [1.29, 1.82) is 0 Å². The highest BCUT2D eigenvalue weighted by molar-refractivity contribution is 7.92. The number of carbonyl (C=O) groups excluding carboxylic acids is 1. The third kappa shape index (κ3) is 3.67. The van der Waals surface area contributed by atoms with Gasteiger partial charge in [0, 0.05) is 0 Å². The normalized spacial score (nSPS) is 11.2. The Morgan fingerprint density at radius 2 is 1.68 bits per heavy atom. The Bertz CT molecular complexity index is 785. The van der Waals surface area contributed by atoms with Crippen molar-refractivity contribution in [3.63, 3.8) is 0 Å². The molecule has 0 radical (unpaired) electrons. The molecule has 2 aromatic rings. The highest BCUT2D eigenvalue weighted by Gasteiger charge is 2.26. The van der Waals surface area contributed by atoms with Gasteiger partial charge in [-0.05, 0) is 55.3 Å². The van der Waals surface area contributed by atoms with Crippen LogP contribution < -0.4 is 4.31 Å². The van der Waals surface area contributed by atoms with Crippen LogP contribution in [0.15, 0.2) is 53.4 Å². The molecule has 0 unspecified atom stereocenters. The molecule has 2 aromatic carbocycles. The zero-order valence-electron chi connectivity index (χ0n) is 12.3. The molecule has 4 nitrogen and oxygen atoms in total. The van der Waals surface area contributed by atoms with Crippen molar-refractivity contribution in [2.45, 2.75) is 18.7 Å². The summed E-state index contributed by atoms with van der Waals surface area (Å²) in [6.45, 7) is 3.31. The summed E-state index contributed by atoms with van der Waals surface area (Å²) in [6, 6.07) is 13.4. The number of carbonyl (C=O) groups is 1. The summed E-state index contributed by atoms with van der Waals surface area (Å²) in [7, 11) is -3.85. The van der Waals surface area contributed by atoms with Crippen LogP contribution in [0.2, 0.25) is 0 Å². The van der Waals surface area contributed by atoms with Gasteiger partial charge in [-0.25, -0.2) is 8.42 Å². The lowest BCUT2D eigenvalue weighted by molar-refractivity contribution is -0.110. The molecule has 0 aromatic heterocycles. The maximum Gasteiger partial charge on any atom is 0.264 e. The van der Waals surface area contributed by atoms with Crippen molar-refractivity contribution < 1.29 is 13.2 Å². The minimum Gasteiger partial charge on any atom is -0.279 e. The Labute approximate surface area is 135 Å². The lowest BCUT2D eigenvalue weighted by Gasteiger charge is -2.23. The molecule has 0 saturated heterocycles. The van der Waals surface area contributed by atoms with Gasteiger partial charge in [0.1, 0.15) is 6.54 Å². The van der Waals surface area contributed by atoms with Crippen LogP contribution in [0.3, 0.4) is 0 Å². The molecule has 0 aliphatic carbocycles. The Balaban J connectivity index is 2.53. The number of halogens is 1. The first-order valence-electron chi connectivity index (χ1n) is 6.65. The second-order valence-corrected chi connectivity index (χ2v) is 7.30. The van der Waals surface area contributed by atoms with Crippen molar-refractivity contribution in [2.75, 3.05) is 10.8 Å². The van der Waals surface area contributed by atoms with Gasteiger partial charge in [-0.15, -0.1) is 0 Å². The minimum absolute atomic E-state index is 0.123. The third-order valence-electron chi connectivity index (χ3n) is 3.17. The highest BCUT2D eigenvalue weighted by Crippen LogP contribution is 2.24. The quantitative estimate of drug-likeness (QED) is 0.787. The zero-order valence-corrected chi connectivity index (χ0v) is 13.9. The monoisotopic (exact) mass is 337 g/mol. The summed E-state index contributed by atoms with van der Waals surface area (Å²) in [5, 5.41) is -0.739. The zero-order chi connectivity index (χ0) is 16.3. The van der Waals surface area contributed by atoms with E-state index in [0.29, 0.717) is 5.69 Å². The van der Waals surface area contributed by atoms with E-state index < -0.39 is 21.8 Å². The summed E-state index contributed by atoms with van der Waals surface area (Å²) < 4.78 is 26.6. The molecule has 0 amide bonds. The molecule has 0 bridgehead atoms. The number of hydrogen-bond acceptors (Lipinski definition) is 3. The summed E-state index contributed by atoms with van der Waals surface area (Å²) in [5.74, 6) is 0. The number of anilines is 1. The first-order valence-corrected chi connectivity index (χ1v) is 8.47. The van der Waals surface area contributed by atoms with E-state index in [9.17, 15) is 13.2 Å². The third-order valence-corrected chi connectivity index (χ3v) is 5.07. The van der Waals surface area contributed by atoms with Gasteiger partial charge in [-0.2, -0.15) is 0 Å². The molecule has 0 spiro atoms. The minimum atomic E-state index is -3.85. The van der Waals surface area contributed by atoms with Gasteiger partial charge >= 0.3 is 0 Å². The van der Waals surface area contributed by atoms with Crippen LogP contribution in [-0.2, 0) is 14.8 Å². The van der Waals surface area contributed by atoms with Crippen molar-refractivity contribution in [3.05, 3.63) is 59.7 Å². The molecular weight excluding hydrogens is 322 g/mol. The van der Waals surface area contributed by atoms with E-state index in [1.807, 2.05) is 19.9 Å². The molecular formula is C16H16ClNO3S. The fourth-order valence-electron chi connectivity index (χ4n) is 2.05. The van der Waals surface area contributed by atoms with E-state index in [4.69, 9.17) is 11.6 Å². The van der Waals surface area contributed by atoms with Gasteiger partial charge < -0.3 is 0 Å². The van der Waals surface area contributed by atoms with E-state index in [-0.39, 0.29) is 4.90 Å². The second kappa shape index (κ2) is 6.50. The van der Waals surface area contributed by atoms with Crippen LogP contribution in [0.25, 0.3) is 0 Å². The van der Waals surface area contributed by atoms with Crippen molar-refractivity contribution in [3.8, 4) is 0 Å². The van der Waals surface area contributed by atoms with Crippen molar-refractivity contribution in [2.24, 2.45) is 0 Å². The second-order valence-electron chi connectivity index (χ2n) is 5.02. The van der Waals surface area contributed by atoms with Gasteiger partial charge in [0.25, 0.3) is 10.0 Å². The summed E-state index contributed by atoms with van der Waals surface area (Å²) in [6.07, 6.45) is 0. The highest BCUT2D eigenvalue weighted by atomic mass is 35.5. The van der Waals surface area contributed by atoms with Gasteiger partial charge in [0.05, 0.1) is 10.6 Å². The molecule has 6 heteroatoms. The van der Waals surface area contributed by atoms with Crippen LogP contribution in [0.4, 0.5) is 5.69 Å². The standard InChI is InChI=1S/C16H16ClNO3S/c1-12-6-8-15(9-7-12)22(20,21)18(11-16(17)19)14-5-3-4-13(2)10-14/h3-10H,11H2,1-2H3. The van der Waals surface area contributed by atoms with E-state index in [0.717, 1.165) is 15.4 Å². The van der Waals surface area contributed by atoms with E-state index in [1.54, 1.807) is 30.3 Å². The van der Waals surface area contributed by atoms with Crippen LogP contribution in [0, 0.1) is 13.8 Å². The molecule has 0 N–H and O–H groups in total. The molecule has 2 rings (SSSR count). The number of hydrogen-bond donors (Lipinski definition) is 0. The number of sulfonamides is 1. The average molecular weight is 338 g/mol. The van der Waals surface area contributed by atoms with Gasteiger partial charge in [0.2, 0.25) is 5.24 Å². The van der Waals surface area contributed by atoms with Crippen molar-refractivity contribution in [1.82, 2.24) is 0 Å². The molecule has 0 saturated carbocycles. The number of nitrogens with zero attached hydrogens (tertiary/aromatic N) is 1. The molecule has 22 heavy (non-hydrogen) atoms. The van der Waals surface area contributed by atoms with Crippen LogP contribution in [-0.4, -0.2) is 20.2 Å². The predicted octanol–water partition coefficient (Wildman–Crippen LogP) is 3.26. The van der Waals surface area contributed by atoms with Crippen LogP contribution >= 0.6 is 11.6 Å². The summed E-state index contributed by atoms with van der Waals surface area (Å²) >= 11 is 5.44. The number of aryl methyl sites for hydroxylation is 2. The molecule has 116 valence electrons. The largest absolute Gasteiger partial charge is 0.279 e. The maximum absolute atomic E-state index is 12.8. The van der Waals surface area contributed by atoms with Gasteiger partial charge in [0.15, 0.2) is 0 Å². The van der Waals surface area contributed by atoms with E-state index in [2.05, 4.69) is 0 Å². The SMILES string of the molecule is Cc1ccc(S(=O)(=O)N(CC(=O)Cl)c2cccc(C)c2)cc1. The first-order chi connectivity index (χ1) is 10.3. The first kappa shape index (κ1) is 16.5. The van der Waals surface area contributed by atoms with Gasteiger partial charge in [-0.1, -0.05) is 29.8 Å². The molecule has 0 fully saturated rings. The Morgan fingerprint density at radius 1 is 1.05 bits per heavy atom. The maximum atomic E-state index is 12.8. The summed E-state index contributed by atoms with van der Waals surface area (Å²) in [4.78, 5) is 11.4. The lowest BCUT2D eigenvalue weighted by atomic mass is 10.2. The Morgan fingerprint density at radius 3 is 2.23 bits per heavy atom. The van der Waals surface area contributed by atoms with Gasteiger partial charge in [-0.3, -0.25) is 9.10 Å². The average Bonchev–Trinajstić information content (AvgIpc) is 2.45. The molecule has 0 aliphatic rings. The van der Waals surface area contributed by atoms with E-state index >= 15 is 0 Å². The number of rotatable bonds is 5. The fourth-order valence-corrected chi connectivity index (χ4v) is 3.65. The predicted molar refractivity (Wildman–Crippen MR) is 87.7 cm³/mol. The van der Waals surface area contributed by atoms with Crippen LogP contribution in [0.1, 0.15) is 11.1 Å². The molecule has 0 aliphatic heterocycles. The lowest BCUT2D eigenvalue weighted by Crippen LogP contribution is -2.34.